The van der Waals surface area contributed by atoms with Gasteiger partial charge in [0, 0.05) is 22.6 Å². The molecule has 0 radical (unpaired) electrons. The van der Waals surface area contributed by atoms with E-state index in [1.807, 2.05) is 30.3 Å². The van der Waals surface area contributed by atoms with Gasteiger partial charge in [-0.15, -0.1) is 11.8 Å². The number of anilines is 3. The minimum Gasteiger partial charge on any atom is -0.495 e. The predicted octanol–water partition coefficient (Wildman–Crippen LogP) is 4.39. The Labute approximate surface area is 189 Å². The minimum atomic E-state index is -0.504. The number of nitrogens with one attached hydrogen (secondary N) is 3. The van der Waals surface area contributed by atoms with Gasteiger partial charge >= 0.3 is 0 Å². The summed E-state index contributed by atoms with van der Waals surface area (Å²) in [5.41, 5.74) is 2.32. The molecule has 0 unspecified atom stereocenters. The zero-order valence-corrected chi connectivity index (χ0v) is 18.1. The Morgan fingerprint density at radius 2 is 1.69 bits per heavy atom. The Hall–Kier alpha value is -3.78. The fourth-order valence-electron chi connectivity index (χ4n) is 3.25. The fourth-order valence-corrected chi connectivity index (χ4v) is 4.37. The number of thioether (sulfide) groups is 1. The van der Waals surface area contributed by atoms with Gasteiger partial charge in [0.25, 0.3) is 5.91 Å². The third-order valence-corrected chi connectivity index (χ3v) is 6.14. The van der Waals surface area contributed by atoms with Gasteiger partial charge in [-0.25, -0.2) is 0 Å². The summed E-state index contributed by atoms with van der Waals surface area (Å²) in [7, 11) is 1.54. The molecular weight excluding hydrogens is 426 g/mol. The van der Waals surface area contributed by atoms with E-state index in [0.717, 1.165) is 10.6 Å². The Morgan fingerprint density at radius 1 is 0.969 bits per heavy atom. The molecular formula is C24H21N3O4S. The number of hydrogen-bond acceptors (Lipinski definition) is 5. The summed E-state index contributed by atoms with van der Waals surface area (Å²) >= 11 is 1.38. The van der Waals surface area contributed by atoms with E-state index in [4.69, 9.17) is 4.74 Å². The Morgan fingerprint density at radius 3 is 2.47 bits per heavy atom. The van der Waals surface area contributed by atoms with E-state index in [2.05, 4.69) is 16.0 Å². The van der Waals surface area contributed by atoms with E-state index in [1.165, 1.54) is 18.9 Å². The van der Waals surface area contributed by atoms with Crippen molar-refractivity contribution in [2.45, 2.75) is 16.6 Å². The topological polar surface area (TPSA) is 96.5 Å². The fraction of sp³-hybridized carbons (Fsp3) is 0.125. The lowest BCUT2D eigenvalue weighted by molar-refractivity contribution is -0.120. The molecule has 4 rings (SSSR count). The van der Waals surface area contributed by atoms with E-state index in [-0.39, 0.29) is 24.1 Å². The van der Waals surface area contributed by atoms with Crippen molar-refractivity contribution in [3.05, 3.63) is 78.4 Å². The number of amides is 3. The molecule has 0 aromatic heterocycles. The molecule has 32 heavy (non-hydrogen) atoms. The van der Waals surface area contributed by atoms with Crippen LogP contribution in [-0.2, 0) is 9.59 Å². The van der Waals surface area contributed by atoms with Gasteiger partial charge in [0.1, 0.15) is 5.75 Å². The van der Waals surface area contributed by atoms with Gasteiger partial charge in [0.05, 0.1) is 23.7 Å². The lowest BCUT2D eigenvalue weighted by Gasteiger charge is -2.23. The van der Waals surface area contributed by atoms with E-state index >= 15 is 0 Å². The molecule has 0 spiro atoms. The van der Waals surface area contributed by atoms with Crippen LogP contribution in [0.2, 0.25) is 0 Å². The molecule has 0 saturated carbocycles. The van der Waals surface area contributed by atoms with Crippen LogP contribution in [0.3, 0.4) is 0 Å². The van der Waals surface area contributed by atoms with Crippen molar-refractivity contribution in [2.75, 3.05) is 23.1 Å². The number of fused-ring (bicyclic) bond motifs is 1. The third-order valence-electron chi connectivity index (χ3n) is 4.86. The van der Waals surface area contributed by atoms with Gasteiger partial charge < -0.3 is 20.7 Å². The quantitative estimate of drug-likeness (QED) is 0.521. The van der Waals surface area contributed by atoms with E-state index in [9.17, 15) is 14.4 Å². The van der Waals surface area contributed by atoms with Gasteiger partial charge in [-0.05, 0) is 48.5 Å². The molecule has 3 amide bonds. The lowest BCUT2D eigenvalue weighted by atomic mass is 10.1. The molecule has 0 fully saturated rings. The summed E-state index contributed by atoms with van der Waals surface area (Å²) in [4.78, 5) is 38.2. The summed E-state index contributed by atoms with van der Waals surface area (Å²) in [5, 5.41) is 7.92. The monoisotopic (exact) mass is 447 g/mol. The maximum Gasteiger partial charge on any atom is 0.255 e. The number of benzene rings is 3. The molecule has 8 heteroatoms. The number of methoxy groups -OCH3 is 1. The first-order valence-electron chi connectivity index (χ1n) is 9.94. The Bertz CT molecular complexity index is 1160. The first kappa shape index (κ1) is 21.5. The maximum absolute atomic E-state index is 12.5. The number of ether oxygens (including phenoxy) is 1. The van der Waals surface area contributed by atoms with Crippen LogP contribution in [0.15, 0.2) is 77.7 Å². The van der Waals surface area contributed by atoms with Gasteiger partial charge in [-0.2, -0.15) is 0 Å². The zero-order valence-electron chi connectivity index (χ0n) is 17.3. The van der Waals surface area contributed by atoms with E-state index in [1.54, 1.807) is 42.5 Å². The third kappa shape index (κ3) is 4.92. The molecule has 0 saturated heterocycles. The average molecular weight is 448 g/mol. The molecule has 3 N–H and O–H groups in total. The van der Waals surface area contributed by atoms with Crippen LogP contribution in [0.4, 0.5) is 17.1 Å². The Balaban J connectivity index is 1.35. The Kier molecular flexibility index (Phi) is 6.42. The molecule has 3 aromatic carbocycles. The highest BCUT2D eigenvalue weighted by Gasteiger charge is 2.28. The second kappa shape index (κ2) is 9.57. The number of rotatable bonds is 6. The van der Waals surface area contributed by atoms with Crippen molar-refractivity contribution in [1.82, 2.24) is 0 Å². The molecule has 1 aliphatic rings. The van der Waals surface area contributed by atoms with Gasteiger partial charge in [-0.3, -0.25) is 14.4 Å². The predicted molar refractivity (Wildman–Crippen MR) is 125 cm³/mol. The molecule has 1 atom stereocenters. The van der Waals surface area contributed by atoms with Crippen molar-refractivity contribution in [2.24, 2.45) is 0 Å². The molecule has 1 heterocycles. The number of para-hydroxylation sites is 3. The maximum atomic E-state index is 12.5. The second-order valence-electron chi connectivity index (χ2n) is 7.08. The van der Waals surface area contributed by atoms with E-state index in [0.29, 0.717) is 22.7 Å². The standard InChI is InChI=1S/C24H21N3O4S/c1-31-19-8-4-2-6-17(19)26-23(29)15-10-12-16(13-11-15)25-22(28)14-21-24(30)27-18-7-3-5-9-20(18)32-21/h2-13,21H,14H2,1H3,(H,25,28)(H,26,29)(H,27,30)/t21-/m1/s1. The van der Waals surface area contributed by atoms with Crippen LogP contribution in [0.25, 0.3) is 0 Å². The highest BCUT2D eigenvalue weighted by Crippen LogP contribution is 2.36. The zero-order chi connectivity index (χ0) is 22.5. The summed E-state index contributed by atoms with van der Waals surface area (Å²) in [5.74, 6) is -0.186. The summed E-state index contributed by atoms with van der Waals surface area (Å²) in [6.07, 6.45) is 0.0425. The van der Waals surface area contributed by atoms with Crippen LogP contribution < -0.4 is 20.7 Å². The summed E-state index contributed by atoms with van der Waals surface area (Å²) in [6.45, 7) is 0. The summed E-state index contributed by atoms with van der Waals surface area (Å²) in [6, 6.07) is 21.2. The van der Waals surface area contributed by atoms with Gasteiger partial charge in [0.2, 0.25) is 11.8 Å². The van der Waals surface area contributed by atoms with Crippen LogP contribution >= 0.6 is 11.8 Å². The van der Waals surface area contributed by atoms with Crippen molar-refractivity contribution >= 4 is 46.5 Å². The largest absolute Gasteiger partial charge is 0.495 e. The van der Waals surface area contributed by atoms with Crippen LogP contribution in [0.1, 0.15) is 16.8 Å². The van der Waals surface area contributed by atoms with Crippen molar-refractivity contribution in [3.8, 4) is 5.75 Å². The van der Waals surface area contributed by atoms with Crippen molar-refractivity contribution in [1.29, 1.82) is 0 Å². The SMILES string of the molecule is COc1ccccc1NC(=O)c1ccc(NC(=O)C[C@H]2Sc3ccccc3NC2=O)cc1. The van der Waals surface area contributed by atoms with Crippen LogP contribution in [-0.4, -0.2) is 30.1 Å². The highest BCUT2D eigenvalue weighted by molar-refractivity contribution is 8.01. The van der Waals surface area contributed by atoms with Gasteiger partial charge in [-0.1, -0.05) is 24.3 Å². The molecule has 0 bridgehead atoms. The molecule has 3 aromatic rings. The highest BCUT2D eigenvalue weighted by atomic mass is 32.2. The molecule has 162 valence electrons. The lowest BCUT2D eigenvalue weighted by Crippen LogP contribution is -2.32. The van der Waals surface area contributed by atoms with Crippen LogP contribution in [0.5, 0.6) is 5.75 Å². The molecule has 0 aliphatic carbocycles. The smallest absolute Gasteiger partial charge is 0.255 e. The first-order chi connectivity index (χ1) is 15.5. The minimum absolute atomic E-state index is 0.0425. The van der Waals surface area contributed by atoms with E-state index < -0.39 is 5.25 Å². The normalized spacial score (nSPS) is 14.7. The van der Waals surface area contributed by atoms with Gasteiger partial charge in [0.15, 0.2) is 0 Å². The van der Waals surface area contributed by atoms with Crippen molar-refractivity contribution in [3.63, 3.8) is 0 Å². The average Bonchev–Trinajstić information content (AvgIpc) is 2.80. The summed E-state index contributed by atoms with van der Waals surface area (Å²) < 4.78 is 5.24. The van der Waals surface area contributed by atoms with Crippen molar-refractivity contribution < 1.29 is 19.1 Å². The molecule has 1 aliphatic heterocycles. The first-order valence-corrected chi connectivity index (χ1v) is 10.8. The number of hydrogen-bond donors (Lipinski definition) is 3. The number of carbonyl (C=O) groups is 3. The molecule has 7 nitrogen and oxygen atoms in total. The van der Waals surface area contributed by atoms with Crippen LogP contribution in [0, 0.1) is 0 Å². The second-order valence-corrected chi connectivity index (χ2v) is 8.32. The number of carbonyl (C=O) groups excluding carboxylic acids is 3.